The predicted molar refractivity (Wildman–Crippen MR) is 95.8 cm³/mol. The molecule has 1 fully saturated rings. The van der Waals surface area contributed by atoms with Gasteiger partial charge >= 0.3 is 6.03 Å². The van der Waals surface area contributed by atoms with Crippen LogP contribution in [0, 0.1) is 11.7 Å². The van der Waals surface area contributed by atoms with Gasteiger partial charge in [-0.2, -0.15) is 5.10 Å². The van der Waals surface area contributed by atoms with E-state index < -0.39 is 0 Å². The number of nitrogens with one attached hydrogen (secondary N) is 1. The molecule has 1 aromatic carbocycles. The van der Waals surface area contributed by atoms with E-state index in [-0.39, 0.29) is 17.8 Å². The second kappa shape index (κ2) is 7.61. The van der Waals surface area contributed by atoms with Gasteiger partial charge in [-0.3, -0.25) is 5.32 Å². The summed E-state index contributed by atoms with van der Waals surface area (Å²) in [6.07, 6.45) is 4.23. The number of carbonyl (C=O) groups excluding carboxylic acids is 1. The van der Waals surface area contributed by atoms with Crippen LogP contribution in [0.2, 0.25) is 5.02 Å². The van der Waals surface area contributed by atoms with Crippen LogP contribution in [0.4, 0.5) is 15.0 Å². The summed E-state index contributed by atoms with van der Waals surface area (Å²) < 4.78 is 13.5. The number of hydrogen-bond donors (Lipinski definition) is 1. The molecule has 1 N–H and O–H groups in total. The van der Waals surface area contributed by atoms with Crippen molar-refractivity contribution in [1.82, 2.24) is 15.1 Å². The van der Waals surface area contributed by atoms with E-state index in [0.29, 0.717) is 23.9 Å². The Labute approximate surface area is 150 Å². The van der Waals surface area contributed by atoms with Crippen LogP contribution >= 0.6 is 11.6 Å². The Bertz CT molecular complexity index is 777. The second-order valence-corrected chi connectivity index (χ2v) is 6.49. The largest absolute Gasteiger partial charge is 0.324 e. The Morgan fingerprint density at radius 2 is 2.28 bits per heavy atom. The molecular weight excluding hydrogens is 343 g/mol. The molecule has 5 nitrogen and oxygen atoms in total. The number of rotatable bonds is 2. The van der Waals surface area contributed by atoms with E-state index in [0.717, 1.165) is 12.0 Å². The molecule has 0 aliphatic carbocycles. The van der Waals surface area contributed by atoms with Gasteiger partial charge in [0, 0.05) is 24.3 Å². The van der Waals surface area contributed by atoms with E-state index in [1.807, 2.05) is 6.08 Å². The van der Waals surface area contributed by atoms with Crippen molar-refractivity contribution in [3.8, 4) is 0 Å². The van der Waals surface area contributed by atoms with E-state index in [1.165, 1.54) is 17.7 Å². The first kappa shape index (κ1) is 17.4. The number of nitrogens with zero attached hydrogens (tertiary/aromatic N) is 3. The number of anilines is 1. The number of likely N-dealkylation sites (tertiary alicyclic amines) is 1. The summed E-state index contributed by atoms with van der Waals surface area (Å²) in [5, 5.41) is 10.7. The standard InChI is InChI=1S/C18H18ClFN4O/c1-12-11-24(18(25)22-17-3-2-5-21-23-17)6-4-14(12)7-13-8-15(19)10-16(20)9-13/h2-3,5,7-10,12H,4,6,11H2,1H3,(H,22,23,25)/b14-7+. The molecule has 0 radical (unpaired) electrons. The summed E-state index contributed by atoms with van der Waals surface area (Å²) in [4.78, 5) is 14.1. The maximum absolute atomic E-state index is 13.5. The molecule has 2 aromatic rings. The maximum Gasteiger partial charge on any atom is 0.323 e. The number of piperidine rings is 1. The smallest absolute Gasteiger partial charge is 0.323 e. The van der Waals surface area contributed by atoms with Crippen molar-refractivity contribution in [3.05, 3.63) is 58.5 Å². The number of carbonyl (C=O) groups is 1. The van der Waals surface area contributed by atoms with Crippen molar-refractivity contribution in [2.75, 3.05) is 18.4 Å². The van der Waals surface area contributed by atoms with Gasteiger partial charge < -0.3 is 4.90 Å². The van der Waals surface area contributed by atoms with Crippen LogP contribution in [-0.4, -0.2) is 34.2 Å². The molecule has 1 unspecified atom stereocenters. The van der Waals surface area contributed by atoms with E-state index in [2.05, 4.69) is 22.4 Å². The number of hydrogen-bond acceptors (Lipinski definition) is 3. The van der Waals surface area contributed by atoms with Gasteiger partial charge in [-0.05, 0) is 48.2 Å². The third-order valence-corrected chi connectivity index (χ3v) is 4.35. The molecular formula is C18H18ClFN4O. The Morgan fingerprint density at radius 3 is 2.96 bits per heavy atom. The van der Waals surface area contributed by atoms with Crippen molar-refractivity contribution in [2.45, 2.75) is 13.3 Å². The molecule has 0 saturated carbocycles. The van der Waals surface area contributed by atoms with Gasteiger partial charge in [0.1, 0.15) is 5.82 Å². The molecule has 1 aromatic heterocycles. The molecule has 1 saturated heterocycles. The monoisotopic (exact) mass is 360 g/mol. The number of amides is 2. The third kappa shape index (κ3) is 4.54. The fourth-order valence-electron chi connectivity index (χ4n) is 2.88. The number of halogens is 2. The first-order valence-electron chi connectivity index (χ1n) is 8.01. The molecule has 3 rings (SSSR count). The third-order valence-electron chi connectivity index (χ3n) is 4.13. The topological polar surface area (TPSA) is 58.1 Å². The maximum atomic E-state index is 13.5. The van der Waals surface area contributed by atoms with Crippen molar-refractivity contribution in [2.24, 2.45) is 5.92 Å². The zero-order valence-electron chi connectivity index (χ0n) is 13.7. The minimum absolute atomic E-state index is 0.170. The van der Waals surface area contributed by atoms with Crippen LogP contribution in [0.5, 0.6) is 0 Å². The molecule has 1 atom stereocenters. The minimum Gasteiger partial charge on any atom is -0.324 e. The summed E-state index contributed by atoms with van der Waals surface area (Å²) in [7, 11) is 0. The number of benzene rings is 1. The fourth-order valence-corrected chi connectivity index (χ4v) is 3.11. The summed E-state index contributed by atoms with van der Waals surface area (Å²) in [6.45, 7) is 3.22. The fraction of sp³-hybridized carbons (Fsp3) is 0.278. The Balaban J connectivity index is 1.66. The van der Waals surface area contributed by atoms with Crippen molar-refractivity contribution >= 4 is 29.5 Å². The average molecular weight is 361 g/mol. The molecule has 1 aliphatic rings. The SMILES string of the molecule is CC1CN(C(=O)Nc2cccnn2)CC/C1=C\c1cc(F)cc(Cl)c1. The molecule has 0 spiro atoms. The van der Waals surface area contributed by atoms with Gasteiger partial charge in [0.25, 0.3) is 0 Å². The first-order valence-corrected chi connectivity index (χ1v) is 8.39. The Morgan fingerprint density at radius 1 is 1.44 bits per heavy atom. The predicted octanol–water partition coefficient (Wildman–Crippen LogP) is 4.23. The lowest BCUT2D eigenvalue weighted by Gasteiger charge is -2.33. The van der Waals surface area contributed by atoms with Gasteiger partial charge in [0.05, 0.1) is 0 Å². The van der Waals surface area contributed by atoms with Gasteiger partial charge in [0.15, 0.2) is 5.82 Å². The van der Waals surface area contributed by atoms with Crippen LogP contribution in [-0.2, 0) is 0 Å². The lowest BCUT2D eigenvalue weighted by atomic mass is 9.91. The highest BCUT2D eigenvalue weighted by Crippen LogP contribution is 2.26. The minimum atomic E-state index is -0.354. The molecule has 130 valence electrons. The molecule has 7 heteroatoms. The first-order chi connectivity index (χ1) is 12.0. The van der Waals surface area contributed by atoms with Crippen LogP contribution in [0.15, 0.2) is 42.1 Å². The highest BCUT2D eigenvalue weighted by Gasteiger charge is 2.24. The number of urea groups is 1. The van der Waals surface area contributed by atoms with E-state index in [1.54, 1.807) is 29.3 Å². The molecule has 25 heavy (non-hydrogen) atoms. The number of aromatic nitrogens is 2. The highest BCUT2D eigenvalue weighted by molar-refractivity contribution is 6.30. The van der Waals surface area contributed by atoms with E-state index >= 15 is 0 Å². The highest BCUT2D eigenvalue weighted by atomic mass is 35.5. The molecule has 2 heterocycles. The van der Waals surface area contributed by atoms with Crippen molar-refractivity contribution in [1.29, 1.82) is 0 Å². The lowest BCUT2D eigenvalue weighted by Crippen LogP contribution is -2.42. The zero-order valence-corrected chi connectivity index (χ0v) is 14.5. The summed E-state index contributed by atoms with van der Waals surface area (Å²) in [6, 6.07) is 7.69. The molecule has 0 bridgehead atoms. The lowest BCUT2D eigenvalue weighted by molar-refractivity contribution is 0.197. The zero-order chi connectivity index (χ0) is 17.8. The Kier molecular flexibility index (Phi) is 5.28. The van der Waals surface area contributed by atoms with Crippen LogP contribution in [0.1, 0.15) is 18.9 Å². The van der Waals surface area contributed by atoms with Gasteiger partial charge in [-0.15, -0.1) is 5.10 Å². The van der Waals surface area contributed by atoms with Crippen LogP contribution in [0.25, 0.3) is 6.08 Å². The summed E-state index contributed by atoms with van der Waals surface area (Å²) in [5.74, 6) is 0.243. The van der Waals surface area contributed by atoms with Crippen LogP contribution < -0.4 is 5.32 Å². The van der Waals surface area contributed by atoms with Gasteiger partial charge in [-0.1, -0.05) is 30.2 Å². The van der Waals surface area contributed by atoms with Crippen LogP contribution in [0.3, 0.4) is 0 Å². The van der Waals surface area contributed by atoms with Gasteiger partial charge in [0.2, 0.25) is 0 Å². The van der Waals surface area contributed by atoms with Crippen molar-refractivity contribution in [3.63, 3.8) is 0 Å². The van der Waals surface area contributed by atoms with E-state index in [9.17, 15) is 9.18 Å². The second-order valence-electron chi connectivity index (χ2n) is 6.06. The summed E-state index contributed by atoms with van der Waals surface area (Å²) in [5.41, 5.74) is 1.91. The normalized spacial score (nSPS) is 19.1. The van der Waals surface area contributed by atoms with Crippen molar-refractivity contribution < 1.29 is 9.18 Å². The van der Waals surface area contributed by atoms with E-state index in [4.69, 9.17) is 11.6 Å². The molecule has 1 aliphatic heterocycles. The molecule has 2 amide bonds. The quantitative estimate of drug-likeness (QED) is 0.872. The Hall–Kier alpha value is -2.47. The average Bonchev–Trinajstić information content (AvgIpc) is 2.56. The van der Waals surface area contributed by atoms with Gasteiger partial charge in [-0.25, -0.2) is 9.18 Å². The summed E-state index contributed by atoms with van der Waals surface area (Å²) >= 11 is 5.90.